The highest BCUT2D eigenvalue weighted by Crippen LogP contribution is 2.33. The zero-order valence-corrected chi connectivity index (χ0v) is 19.9. The standard InChI is InChI=1S/C27H24N2O4S/c1-18-10-11-21(33-2)16-24(18)25-17-22(34(3,31)32)12-13-23(25)27(30)29-20-8-6-7-19(15-20)26-9-4-5-14-28-26/h4-17H,1-3H3,(H,29,30). The van der Waals surface area contributed by atoms with E-state index in [1.807, 2.05) is 55.5 Å². The first kappa shape index (κ1) is 23.2. The molecule has 34 heavy (non-hydrogen) atoms. The number of carbonyl (C=O) groups excluding carboxylic acids is 1. The first-order chi connectivity index (χ1) is 16.3. The van der Waals surface area contributed by atoms with Crippen LogP contribution in [0.3, 0.4) is 0 Å². The summed E-state index contributed by atoms with van der Waals surface area (Å²) in [5.74, 6) is 0.259. The van der Waals surface area contributed by atoms with Crippen LogP contribution >= 0.6 is 0 Å². The molecule has 1 aromatic heterocycles. The summed E-state index contributed by atoms with van der Waals surface area (Å²) in [4.78, 5) is 17.9. The van der Waals surface area contributed by atoms with Crippen molar-refractivity contribution in [3.8, 4) is 28.1 Å². The maximum absolute atomic E-state index is 13.4. The molecule has 172 valence electrons. The summed E-state index contributed by atoms with van der Waals surface area (Å²) >= 11 is 0. The second kappa shape index (κ2) is 9.49. The average molecular weight is 473 g/mol. The highest BCUT2D eigenvalue weighted by atomic mass is 32.2. The second-order valence-corrected chi connectivity index (χ2v) is 9.93. The number of nitrogens with zero attached hydrogens (tertiary/aromatic N) is 1. The van der Waals surface area contributed by atoms with Crippen molar-refractivity contribution in [3.63, 3.8) is 0 Å². The van der Waals surface area contributed by atoms with Crippen molar-refractivity contribution in [1.82, 2.24) is 4.98 Å². The Kier molecular flexibility index (Phi) is 6.47. The molecule has 3 aromatic carbocycles. The Bertz CT molecular complexity index is 1470. The first-order valence-corrected chi connectivity index (χ1v) is 12.5. The zero-order chi connectivity index (χ0) is 24.3. The number of anilines is 1. The number of hydrogen-bond donors (Lipinski definition) is 1. The molecule has 1 N–H and O–H groups in total. The molecule has 0 spiro atoms. The number of amides is 1. The number of carbonyl (C=O) groups is 1. The van der Waals surface area contributed by atoms with Crippen LogP contribution in [0, 0.1) is 6.92 Å². The quantitative estimate of drug-likeness (QED) is 0.407. The van der Waals surface area contributed by atoms with E-state index in [9.17, 15) is 13.2 Å². The van der Waals surface area contributed by atoms with Crippen LogP contribution in [0.25, 0.3) is 22.4 Å². The summed E-state index contributed by atoms with van der Waals surface area (Å²) < 4.78 is 29.8. The minimum Gasteiger partial charge on any atom is -0.497 e. The third kappa shape index (κ3) is 5.00. The van der Waals surface area contributed by atoms with E-state index >= 15 is 0 Å². The Labute approximate surface area is 199 Å². The van der Waals surface area contributed by atoms with Gasteiger partial charge in [-0.15, -0.1) is 0 Å². The van der Waals surface area contributed by atoms with E-state index in [0.29, 0.717) is 22.6 Å². The lowest BCUT2D eigenvalue weighted by atomic mass is 9.95. The molecule has 4 rings (SSSR count). The summed E-state index contributed by atoms with van der Waals surface area (Å²) in [6, 6.07) is 23.1. The van der Waals surface area contributed by atoms with Gasteiger partial charge in [-0.1, -0.05) is 24.3 Å². The average Bonchev–Trinajstić information content (AvgIpc) is 2.84. The number of methoxy groups -OCH3 is 1. The van der Waals surface area contributed by atoms with Gasteiger partial charge in [0, 0.05) is 29.3 Å². The van der Waals surface area contributed by atoms with Crippen molar-refractivity contribution in [1.29, 1.82) is 0 Å². The number of ether oxygens (including phenoxy) is 1. The Morgan fingerprint density at radius 2 is 1.74 bits per heavy atom. The number of nitrogens with one attached hydrogen (secondary N) is 1. The van der Waals surface area contributed by atoms with Crippen LogP contribution in [-0.2, 0) is 9.84 Å². The fourth-order valence-electron chi connectivity index (χ4n) is 3.68. The fraction of sp³-hybridized carbons (Fsp3) is 0.111. The summed E-state index contributed by atoms with van der Waals surface area (Å²) in [5, 5.41) is 2.94. The number of aryl methyl sites for hydroxylation is 1. The van der Waals surface area contributed by atoms with Crippen molar-refractivity contribution >= 4 is 21.4 Å². The maximum atomic E-state index is 13.4. The van der Waals surface area contributed by atoms with Gasteiger partial charge in [0.05, 0.1) is 17.7 Å². The zero-order valence-electron chi connectivity index (χ0n) is 19.1. The van der Waals surface area contributed by atoms with Gasteiger partial charge in [-0.3, -0.25) is 9.78 Å². The number of hydrogen-bond acceptors (Lipinski definition) is 5. The van der Waals surface area contributed by atoms with Crippen molar-refractivity contribution in [2.24, 2.45) is 0 Å². The molecule has 0 fully saturated rings. The molecule has 1 heterocycles. The van der Waals surface area contributed by atoms with E-state index in [1.165, 1.54) is 12.1 Å². The molecule has 0 unspecified atom stereocenters. The van der Waals surface area contributed by atoms with E-state index < -0.39 is 9.84 Å². The minimum atomic E-state index is -3.47. The van der Waals surface area contributed by atoms with Crippen LogP contribution in [0.4, 0.5) is 5.69 Å². The number of pyridine rings is 1. The Balaban J connectivity index is 1.77. The summed E-state index contributed by atoms with van der Waals surface area (Å²) in [5.41, 5.74) is 4.74. The number of aromatic nitrogens is 1. The van der Waals surface area contributed by atoms with Crippen LogP contribution in [0.2, 0.25) is 0 Å². The smallest absolute Gasteiger partial charge is 0.256 e. The lowest BCUT2D eigenvalue weighted by Crippen LogP contribution is -2.14. The van der Waals surface area contributed by atoms with E-state index in [1.54, 1.807) is 31.5 Å². The van der Waals surface area contributed by atoms with E-state index in [2.05, 4.69) is 10.3 Å². The number of rotatable bonds is 6. The van der Waals surface area contributed by atoms with Gasteiger partial charge >= 0.3 is 0 Å². The van der Waals surface area contributed by atoms with Crippen molar-refractivity contribution in [3.05, 3.63) is 96.2 Å². The fourth-order valence-corrected chi connectivity index (χ4v) is 4.33. The van der Waals surface area contributed by atoms with Gasteiger partial charge in [-0.25, -0.2) is 8.42 Å². The van der Waals surface area contributed by atoms with Gasteiger partial charge in [0.25, 0.3) is 5.91 Å². The van der Waals surface area contributed by atoms with Crippen molar-refractivity contribution < 1.29 is 17.9 Å². The molecular formula is C27H24N2O4S. The summed E-state index contributed by atoms with van der Waals surface area (Å²) in [7, 11) is -1.91. The highest BCUT2D eigenvalue weighted by Gasteiger charge is 2.19. The van der Waals surface area contributed by atoms with Crippen LogP contribution in [0.15, 0.2) is 90.0 Å². The van der Waals surface area contributed by atoms with Crippen LogP contribution in [0.5, 0.6) is 5.75 Å². The molecule has 6 nitrogen and oxygen atoms in total. The third-order valence-corrected chi connectivity index (χ3v) is 6.59. The SMILES string of the molecule is COc1ccc(C)c(-c2cc(S(C)(=O)=O)ccc2C(=O)Nc2cccc(-c3ccccn3)c2)c1. The van der Waals surface area contributed by atoms with E-state index in [0.717, 1.165) is 28.6 Å². The minimum absolute atomic E-state index is 0.137. The Morgan fingerprint density at radius 1 is 0.912 bits per heavy atom. The van der Waals surface area contributed by atoms with Crippen LogP contribution in [0.1, 0.15) is 15.9 Å². The molecule has 0 bridgehead atoms. The third-order valence-electron chi connectivity index (χ3n) is 5.48. The molecule has 7 heteroatoms. The lowest BCUT2D eigenvalue weighted by molar-refractivity contribution is 0.102. The maximum Gasteiger partial charge on any atom is 0.256 e. The normalized spacial score (nSPS) is 11.1. The molecule has 0 radical (unpaired) electrons. The molecule has 0 aliphatic carbocycles. The molecule has 0 saturated carbocycles. The van der Waals surface area contributed by atoms with Crippen LogP contribution in [-0.4, -0.2) is 32.7 Å². The Hall–Kier alpha value is -3.97. The van der Waals surface area contributed by atoms with Gasteiger partial charge in [-0.05, 0) is 78.2 Å². The molecule has 0 atom stereocenters. The molecular weight excluding hydrogens is 448 g/mol. The predicted molar refractivity (Wildman–Crippen MR) is 134 cm³/mol. The topological polar surface area (TPSA) is 85.4 Å². The van der Waals surface area contributed by atoms with Crippen molar-refractivity contribution in [2.45, 2.75) is 11.8 Å². The first-order valence-electron chi connectivity index (χ1n) is 10.6. The number of benzene rings is 3. The summed E-state index contributed by atoms with van der Waals surface area (Å²) in [6.45, 7) is 1.90. The second-order valence-electron chi connectivity index (χ2n) is 7.91. The van der Waals surface area contributed by atoms with Gasteiger partial charge in [0.15, 0.2) is 9.84 Å². The number of sulfone groups is 1. The van der Waals surface area contributed by atoms with Gasteiger partial charge in [0.2, 0.25) is 0 Å². The predicted octanol–water partition coefficient (Wildman–Crippen LogP) is 5.39. The molecule has 0 aliphatic rings. The summed E-state index contributed by atoms with van der Waals surface area (Å²) in [6.07, 6.45) is 2.86. The molecule has 1 amide bonds. The monoisotopic (exact) mass is 472 g/mol. The lowest BCUT2D eigenvalue weighted by Gasteiger charge is -2.15. The van der Waals surface area contributed by atoms with Gasteiger partial charge < -0.3 is 10.1 Å². The Morgan fingerprint density at radius 3 is 2.44 bits per heavy atom. The molecule has 0 saturated heterocycles. The molecule has 4 aromatic rings. The van der Waals surface area contributed by atoms with E-state index in [4.69, 9.17) is 4.74 Å². The van der Waals surface area contributed by atoms with Gasteiger partial charge in [0.1, 0.15) is 5.75 Å². The highest BCUT2D eigenvalue weighted by molar-refractivity contribution is 7.90. The van der Waals surface area contributed by atoms with Gasteiger partial charge in [-0.2, -0.15) is 0 Å². The largest absolute Gasteiger partial charge is 0.497 e. The molecule has 0 aliphatic heterocycles. The van der Waals surface area contributed by atoms with Crippen LogP contribution < -0.4 is 10.1 Å². The van der Waals surface area contributed by atoms with Crippen molar-refractivity contribution in [2.75, 3.05) is 18.7 Å². The van der Waals surface area contributed by atoms with E-state index in [-0.39, 0.29) is 10.8 Å².